The smallest absolute Gasteiger partial charge is 0.387 e. The quantitative estimate of drug-likeness (QED) is 0.835. The Hall–Kier alpha value is -1.89. The molecule has 7 heteroatoms. The van der Waals surface area contributed by atoms with E-state index in [9.17, 15) is 13.6 Å². The van der Waals surface area contributed by atoms with Gasteiger partial charge in [-0.15, -0.1) is 0 Å². The molecule has 0 unspecified atom stereocenters. The number of benzene rings is 1. The number of likely N-dealkylation sites (N-methyl/N-ethyl adjacent to an activating group) is 1. The number of hydrogen-bond acceptors (Lipinski definition) is 3. The molecule has 0 heterocycles. The molecule has 2 amide bonds. The van der Waals surface area contributed by atoms with Crippen molar-refractivity contribution in [3.63, 3.8) is 0 Å². The van der Waals surface area contributed by atoms with E-state index < -0.39 is 12.6 Å². The number of rotatable bonds is 6. The fourth-order valence-corrected chi connectivity index (χ4v) is 1.48. The van der Waals surface area contributed by atoms with Crippen molar-refractivity contribution in [1.82, 2.24) is 4.90 Å². The molecule has 0 saturated heterocycles. The Morgan fingerprint density at radius 3 is 2.84 bits per heavy atom. The predicted molar refractivity (Wildman–Crippen MR) is 66.4 cm³/mol. The SMILES string of the molecule is CCN(CCO)C(=O)Nc1cccc(OC(F)F)c1. The van der Waals surface area contributed by atoms with E-state index >= 15 is 0 Å². The van der Waals surface area contributed by atoms with E-state index in [4.69, 9.17) is 5.11 Å². The second-order valence-electron chi connectivity index (χ2n) is 3.64. The van der Waals surface area contributed by atoms with Crippen molar-refractivity contribution < 1.29 is 23.4 Å². The maximum Gasteiger partial charge on any atom is 0.387 e. The predicted octanol–water partition coefficient (Wildman–Crippen LogP) is 2.13. The summed E-state index contributed by atoms with van der Waals surface area (Å²) in [6.45, 7) is -0.649. The zero-order chi connectivity index (χ0) is 14.3. The van der Waals surface area contributed by atoms with Crippen LogP contribution in [0, 0.1) is 0 Å². The summed E-state index contributed by atoms with van der Waals surface area (Å²) in [5, 5.41) is 11.3. The lowest BCUT2D eigenvalue weighted by molar-refractivity contribution is -0.0497. The molecule has 0 atom stereocenters. The molecule has 0 aromatic heterocycles. The third-order valence-electron chi connectivity index (χ3n) is 2.35. The van der Waals surface area contributed by atoms with Gasteiger partial charge < -0.3 is 20.1 Å². The number of alkyl halides is 2. The molecule has 0 spiro atoms. The van der Waals surface area contributed by atoms with Crippen LogP contribution >= 0.6 is 0 Å². The number of carbonyl (C=O) groups is 1. The van der Waals surface area contributed by atoms with Crippen molar-refractivity contribution in [2.75, 3.05) is 25.0 Å². The Bertz CT molecular complexity index is 416. The molecule has 0 radical (unpaired) electrons. The highest BCUT2D eigenvalue weighted by Gasteiger charge is 2.11. The average molecular weight is 274 g/mol. The summed E-state index contributed by atoms with van der Waals surface area (Å²) < 4.78 is 28.3. The van der Waals surface area contributed by atoms with Crippen molar-refractivity contribution in [1.29, 1.82) is 0 Å². The number of nitrogens with zero attached hydrogens (tertiary/aromatic N) is 1. The third-order valence-corrected chi connectivity index (χ3v) is 2.35. The van der Waals surface area contributed by atoms with Crippen molar-refractivity contribution in [3.8, 4) is 5.75 Å². The molecular formula is C12H16F2N2O3. The number of halogens is 2. The number of aliphatic hydroxyl groups is 1. The highest BCUT2D eigenvalue weighted by molar-refractivity contribution is 5.89. The molecule has 0 bridgehead atoms. The highest BCUT2D eigenvalue weighted by atomic mass is 19.3. The summed E-state index contributed by atoms with van der Waals surface area (Å²) in [6, 6.07) is 5.31. The van der Waals surface area contributed by atoms with Crippen LogP contribution < -0.4 is 10.1 Å². The van der Waals surface area contributed by atoms with Gasteiger partial charge in [0.05, 0.1) is 6.61 Å². The molecular weight excluding hydrogens is 258 g/mol. The van der Waals surface area contributed by atoms with Gasteiger partial charge in [-0.1, -0.05) is 6.07 Å². The molecule has 1 aromatic carbocycles. The summed E-state index contributed by atoms with van der Waals surface area (Å²) in [5.41, 5.74) is 0.347. The minimum atomic E-state index is -2.91. The number of urea groups is 1. The normalized spacial score (nSPS) is 10.4. The Morgan fingerprint density at radius 1 is 1.53 bits per heavy atom. The average Bonchev–Trinajstić information content (AvgIpc) is 2.35. The van der Waals surface area contributed by atoms with Gasteiger partial charge in [-0.25, -0.2) is 4.79 Å². The molecule has 2 N–H and O–H groups in total. The molecule has 1 aromatic rings. The van der Waals surface area contributed by atoms with Crippen LogP contribution in [-0.4, -0.2) is 42.3 Å². The zero-order valence-electron chi connectivity index (χ0n) is 10.5. The number of carbonyl (C=O) groups excluding carboxylic acids is 1. The van der Waals surface area contributed by atoms with E-state index in [1.165, 1.54) is 23.1 Å². The Labute approximate surface area is 109 Å². The molecule has 0 aliphatic heterocycles. The molecule has 5 nitrogen and oxygen atoms in total. The van der Waals surface area contributed by atoms with Crippen LogP contribution in [-0.2, 0) is 0 Å². The van der Waals surface area contributed by atoms with Gasteiger partial charge in [-0.05, 0) is 19.1 Å². The number of ether oxygens (including phenoxy) is 1. The third kappa shape index (κ3) is 5.09. The maximum atomic E-state index is 12.1. The zero-order valence-corrected chi connectivity index (χ0v) is 10.5. The summed E-state index contributed by atoms with van der Waals surface area (Å²) in [6.07, 6.45) is 0. The maximum absolute atomic E-state index is 12.1. The van der Waals surface area contributed by atoms with E-state index in [1.807, 2.05) is 0 Å². The van der Waals surface area contributed by atoms with Crippen molar-refractivity contribution >= 4 is 11.7 Å². The van der Waals surface area contributed by atoms with Gasteiger partial charge in [-0.3, -0.25) is 0 Å². The summed E-state index contributed by atoms with van der Waals surface area (Å²) in [7, 11) is 0. The lowest BCUT2D eigenvalue weighted by Gasteiger charge is -2.20. The second kappa shape index (κ2) is 7.52. The lowest BCUT2D eigenvalue weighted by Crippen LogP contribution is -2.36. The highest BCUT2D eigenvalue weighted by Crippen LogP contribution is 2.19. The van der Waals surface area contributed by atoms with Crippen LogP contribution in [0.25, 0.3) is 0 Å². The first-order valence-electron chi connectivity index (χ1n) is 5.78. The first kappa shape index (κ1) is 15.2. The first-order chi connectivity index (χ1) is 9.06. The number of aliphatic hydroxyl groups excluding tert-OH is 1. The largest absolute Gasteiger partial charge is 0.435 e. The van der Waals surface area contributed by atoms with E-state index in [0.717, 1.165) is 0 Å². The van der Waals surface area contributed by atoms with Gasteiger partial charge in [-0.2, -0.15) is 8.78 Å². The molecule has 0 fully saturated rings. The van der Waals surface area contributed by atoms with Crippen LogP contribution in [0.2, 0.25) is 0 Å². The van der Waals surface area contributed by atoms with Gasteiger partial charge in [0, 0.05) is 24.8 Å². The monoisotopic (exact) mass is 274 g/mol. The van der Waals surface area contributed by atoms with Gasteiger partial charge in [0.15, 0.2) is 0 Å². The summed E-state index contributed by atoms with van der Waals surface area (Å²) >= 11 is 0. The van der Waals surface area contributed by atoms with Crippen LogP contribution in [0.5, 0.6) is 5.75 Å². The minimum Gasteiger partial charge on any atom is -0.435 e. The minimum absolute atomic E-state index is 0.0296. The molecule has 1 rings (SSSR count). The first-order valence-corrected chi connectivity index (χ1v) is 5.78. The number of anilines is 1. The number of hydrogen-bond donors (Lipinski definition) is 2. The standard InChI is InChI=1S/C12H16F2N2O3/c1-2-16(6-7-17)12(18)15-9-4-3-5-10(8-9)19-11(13)14/h3-5,8,11,17H,2,6-7H2,1H3,(H,15,18). The molecule has 106 valence electrons. The van der Waals surface area contributed by atoms with Gasteiger partial charge in [0.2, 0.25) is 0 Å². The van der Waals surface area contributed by atoms with E-state index in [-0.39, 0.29) is 18.9 Å². The molecule has 0 aliphatic carbocycles. The topological polar surface area (TPSA) is 61.8 Å². The van der Waals surface area contributed by atoms with Crippen molar-refractivity contribution in [2.45, 2.75) is 13.5 Å². The van der Waals surface area contributed by atoms with E-state index in [1.54, 1.807) is 13.0 Å². The van der Waals surface area contributed by atoms with Crippen LogP contribution in [0.4, 0.5) is 19.3 Å². The molecule has 0 aliphatic rings. The Morgan fingerprint density at radius 2 is 2.26 bits per heavy atom. The van der Waals surface area contributed by atoms with E-state index in [2.05, 4.69) is 10.1 Å². The van der Waals surface area contributed by atoms with Crippen LogP contribution in [0.3, 0.4) is 0 Å². The summed E-state index contributed by atoms with van der Waals surface area (Å²) in [4.78, 5) is 13.2. The lowest BCUT2D eigenvalue weighted by atomic mass is 10.3. The molecule has 0 saturated carbocycles. The van der Waals surface area contributed by atoms with Gasteiger partial charge in [0.25, 0.3) is 0 Å². The number of nitrogens with one attached hydrogen (secondary N) is 1. The van der Waals surface area contributed by atoms with Gasteiger partial charge in [0.1, 0.15) is 5.75 Å². The van der Waals surface area contributed by atoms with E-state index in [0.29, 0.717) is 12.2 Å². The van der Waals surface area contributed by atoms with Crippen LogP contribution in [0.15, 0.2) is 24.3 Å². The number of amides is 2. The van der Waals surface area contributed by atoms with Crippen molar-refractivity contribution in [2.24, 2.45) is 0 Å². The van der Waals surface area contributed by atoms with Gasteiger partial charge >= 0.3 is 12.6 Å². The van der Waals surface area contributed by atoms with Crippen molar-refractivity contribution in [3.05, 3.63) is 24.3 Å². The second-order valence-corrected chi connectivity index (χ2v) is 3.64. The van der Waals surface area contributed by atoms with Crippen LogP contribution in [0.1, 0.15) is 6.92 Å². The summed E-state index contributed by atoms with van der Waals surface area (Å²) in [5.74, 6) is -0.0296. The fourth-order valence-electron chi connectivity index (χ4n) is 1.48. The Kier molecular flexibility index (Phi) is 6.01. The fraction of sp³-hybridized carbons (Fsp3) is 0.417. The molecule has 19 heavy (non-hydrogen) atoms. The Balaban J connectivity index is 2.68.